The Kier molecular flexibility index (Phi) is 7.33. The lowest BCUT2D eigenvalue weighted by Gasteiger charge is -2.18. The predicted octanol–water partition coefficient (Wildman–Crippen LogP) is 1.73. The Bertz CT molecular complexity index is 231. The molecule has 0 radical (unpaired) electrons. The van der Waals surface area contributed by atoms with Gasteiger partial charge in [0.05, 0.1) is 0 Å². The van der Waals surface area contributed by atoms with Crippen molar-refractivity contribution in [3.8, 4) is 0 Å². The van der Waals surface area contributed by atoms with Gasteiger partial charge < -0.3 is 15.7 Å². The van der Waals surface area contributed by atoms with Gasteiger partial charge in [-0.1, -0.05) is 27.2 Å². The second-order valence-corrected chi connectivity index (χ2v) is 3.81. The monoisotopic (exact) mass is 230 g/mol. The molecule has 0 spiro atoms. The van der Waals surface area contributed by atoms with Gasteiger partial charge in [0.1, 0.15) is 6.04 Å². The minimum Gasteiger partial charge on any atom is -0.480 e. The smallest absolute Gasteiger partial charge is 0.326 e. The molecule has 0 saturated carbocycles. The number of hydrogen-bond donors (Lipinski definition) is 3. The van der Waals surface area contributed by atoms with Crippen LogP contribution in [0.3, 0.4) is 0 Å². The summed E-state index contributed by atoms with van der Waals surface area (Å²) < 4.78 is 0. The fourth-order valence-electron chi connectivity index (χ4n) is 1.45. The number of carbonyl (C=O) groups excluding carboxylic acids is 1. The topological polar surface area (TPSA) is 78.4 Å². The van der Waals surface area contributed by atoms with Crippen LogP contribution in [0.4, 0.5) is 4.79 Å². The zero-order valence-electron chi connectivity index (χ0n) is 10.2. The van der Waals surface area contributed by atoms with Gasteiger partial charge in [-0.25, -0.2) is 9.59 Å². The minimum absolute atomic E-state index is 0.122. The third-order valence-corrected chi connectivity index (χ3v) is 2.48. The van der Waals surface area contributed by atoms with Crippen LogP contribution in [0.25, 0.3) is 0 Å². The summed E-state index contributed by atoms with van der Waals surface area (Å²) in [5.74, 6) is -0.999. The van der Waals surface area contributed by atoms with Crippen LogP contribution in [0, 0.1) is 0 Å². The normalized spacial score (nSPS) is 13.9. The molecule has 5 nitrogen and oxygen atoms in total. The fraction of sp³-hybridized carbons (Fsp3) is 0.818. The van der Waals surface area contributed by atoms with Gasteiger partial charge in [0.2, 0.25) is 0 Å². The molecule has 0 bridgehead atoms. The van der Waals surface area contributed by atoms with Crippen molar-refractivity contribution < 1.29 is 14.7 Å². The average molecular weight is 230 g/mol. The van der Waals surface area contributed by atoms with Crippen LogP contribution in [-0.2, 0) is 4.79 Å². The second kappa shape index (κ2) is 7.96. The largest absolute Gasteiger partial charge is 0.480 e. The van der Waals surface area contributed by atoms with Crippen LogP contribution in [0.5, 0.6) is 0 Å². The van der Waals surface area contributed by atoms with E-state index in [0.29, 0.717) is 6.42 Å². The first-order valence-corrected chi connectivity index (χ1v) is 5.84. The Morgan fingerprint density at radius 3 is 2.12 bits per heavy atom. The fourth-order valence-corrected chi connectivity index (χ4v) is 1.45. The van der Waals surface area contributed by atoms with Crippen molar-refractivity contribution in [3.05, 3.63) is 0 Å². The minimum atomic E-state index is -0.999. The Labute approximate surface area is 96.6 Å². The first kappa shape index (κ1) is 14.7. The quantitative estimate of drug-likeness (QED) is 0.623. The highest BCUT2D eigenvalue weighted by molar-refractivity contribution is 5.82. The Morgan fingerprint density at radius 1 is 1.12 bits per heavy atom. The molecule has 2 atom stereocenters. The van der Waals surface area contributed by atoms with Gasteiger partial charge in [0.25, 0.3) is 0 Å². The Morgan fingerprint density at radius 2 is 1.75 bits per heavy atom. The Hall–Kier alpha value is -1.26. The van der Waals surface area contributed by atoms with E-state index in [0.717, 1.165) is 19.3 Å². The standard InChI is InChI=1S/C11H22N2O3/c1-4-7-8(5-2)12-11(16)13-9(6-3)10(14)15/h8-9H,4-7H2,1-3H3,(H,14,15)(H2,12,13,16)/t8?,9-/m1/s1. The lowest BCUT2D eigenvalue weighted by Crippen LogP contribution is -2.48. The molecule has 0 aliphatic heterocycles. The number of carbonyl (C=O) groups is 2. The SMILES string of the molecule is CCCC(CC)NC(=O)N[C@H](CC)C(=O)O. The third-order valence-electron chi connectivity index (χ3n) is 2.48. The molecule has 0 aromatic heterocycles. The highest BCUT2D eigenvalue weighted by Crippen LogP contribution is 2.00. The molecule has 0 fully saturated rings. The summed E-state index contributed by atoms with van der Waals surface area (Å²) >= 11 is 0. The van der Waals surface area contributed by atoms with Gasteiger partial charge in [-0.2, -0.15) is 0 Å². The van der Waals surface area contributed by atoms with Crippen LogP contribution >= 0.6 is 0 Å². The van der Waals surface area contributed by atoms with E-state index in [2.05, 4.69) is 10.6 Å². The molecule has 1 unspecified atom stereocenters. The number of amides is 2. The van der Waals surface area contributed by atoms with E-state index in [9.17, 15) is 9.59 Å². The summed E-state index contributed by atoms with van der Waals surface area (Å²) in [6, 6.07) is -1.08. The van der Waals surface area contributed by atoms with Gasteiger partial charge >= 0.3 is 12.0 Å². The summed E-state index contributed by atoms with van der Waals surface area (Å²) in [6.07, 6.45) is 3.14. The van der Waals surface area contributed by atoms with Crippen molar-refractivity contribution in [2.75, 3.05) is 0 Å². The number of carboxylic acid groups (broad SMARTS) is 1. The van der Waals surface area contributed by atoms with E-state index in [1.54, 1.807) is 6.92 Å². The van der Waals surface area contributed by atoms with Crippen molar-refractivity contribution in [3.63, 3.8) is 0 Å². The number of urea groups is 1. The van der Waals surface area contributed by atoms with Crippen molar-refractivity contribution in [2.45, 2.75) is 58.5 Å². The number of nitrogens with one attached hydrogen (secondary N) is 2. The molecule has 5 heteroatoms. The van der Waals surface area contributed by atoms with Crippen molar-refractivity contribution in [1.82, 2.24) is 10.6 Å². The van der Waals surface area contributed by atoms with Gasteiger partial charge in [0.15, 0.2) is 0 Å². The molecule has 0 heterocycles. The first-order chi connectivity index (χ1) is 7.54. The highest BCUT2D eigenvalue weighted by atomic mass is 16.4. The Balaban J connectivity index is 4.09. The molecular formula is C11H22N2O3. The summed E-state index contributed by atoms with van der Waals surface area (Å²) in [7, 11) is 0. The molecule has 2 amide bonds. The summed E-state index contributed by atoms with van der Waals surface area (Å²) in [6.45, 7) is 5.77. The van der Waals surface area contributed by atoms with Crippen molar-refractivity contribution in [2.24, 2.45) is 0 Å². The molecule has 94 valence electrons. The van der Waals surface area contributed by atoms with Crippen molar-refractivity contribution >= 4 is 12.0 Å². The maximum atomic E-state index is 11.5. The molecule has 0 aromatic carbocycles. The van der Waals surface area contributed by atoms with Crippen LogP contribution in [0.1, 0.15) is 46.5 Å². The lowest BCUT2D eigenvalue weighted by atomic mass is 10.1. The number of rotatable bonds is 7. The second-order valence-electron chi connectivity index (χ2n) is 3.81. The number of carboxylic acids is 1. The highest BCUT2D eigenvalue weighted by Gasteiger charge is 2.18. The molecular weight excluding hydrogens is 208 g/mol. The van der Waals surface area contributed by atoms with E-state index in [1.807, 2.05) is 13.8 Å². The maximum absolute atomic E-state index is 11.5. The van der Waals surface area contributed by atoms with Gasteiger partial charge in [-0.05, 0) is 19.3 Å². The summed E-state index contributed by atoms with van der Waals surface area (Å²) in [5, 5.41) is 14.0. The molecule has 3 N–H and O–H groups in total. The number of hydrogen-bond acceptors (Lipinski definition) is 2. The maximum Gasteiger partial charge on any atom is 0.326 e. The van der Waals surface area contributed by atoms with Gasteiger partial charge in [0, 0.05) is 6.04 Å². The molecule has 0 aliphatic carbocycles. The van der Waals surface area contributed by atoms with E-state index in [1.165, 1.54) is 0 Å². The average Bonchev–Trinajstić information content (AvgIpc) is 2.24. The van der Waals surface area contributed by atoms with Gasteiger partial charge in [-0.15, -0.1) is 0 Å². The summed E-state index contributed by atoms with van der Waals surface area (Å²) in [4.78, 5) is 22.2. The zero-order chi connectivity index (χ0) is 12.6. The number of aliphatic carboxylic acids is 1. The zero-order valence-corrected chi connectivity index (χ0v) is 10.2. The van der Waals surface area contributed by atoms with E-state index < -0.39 is 18.0 Å². The lowest BCUT2D eigenvalue weighted by molar-refractivity contribution is -0.139. The van der Waals surface area contributed by atoms with E-state index in [4.69, 9.17) is 5.11 Å². The van der Waals surface area contributed by atoms with E-state index >= 15 is 0 Å². The molecule has 0 saturated heterocycles. The van der Waals surface area contributed by atoms with E-state index in [-0.39, 0.29) is 6.04 Å². The molecule has 0 rings (SSSR count). The van der Waals surface area contributed by atoms with Crippen molar-refractivity contribution in [1.29, 1.82) is 0 Å². The summed E-state index contributed by atoms with van der Waals surface area (Å²) in [5.41, 5.74) is 0. The predicted molar refractivity (Wildman–Crippen MR) is 62.4 cm³/mol. The van der Waals surface area contributed by atoms with Crippen LogP contribution in [-0.4, -0.2) is 29.2 Å². The molecule has 0 aliphatic rings. The molecule has 16 heavy (non-hydrogen) atoms. The first-order valence-electron chi connectivity index (χ1n) is 5.84. The third kappa shape index (κ3) is 5.58. The van der Waals surface area contributed by atoms with Crippen LogP contribution < -0.4 is 10.6 Å². The van der Waals surface area contributed by atoms with Gasteiger partial charge in [-0.3, -0.25) is 0 Å². The van der Waals surface area contributed by atoms with Crippen LogP contribution in [0.2, 0.25) is 0 Å². The van der Waals surface area contributed by atoms with Crippen LogP contribution in [0.15, 0.2) is 0 Å². The molecule has 0 aromatic rings.